The van der Waals surface area contributed by atoms with E-state index in [0.29, 0.717) is 18.3 Å². The second-order valence-electron chi connectivity index (χ2n) is 7.20. The molecule has 6 nitrogen and oxygen atoms in total. The van der Waals surface area contributed by atoms with Gasteiger partial charge in [0, 0.05) is 32.4 Å². The van der Waals surface area contributed by atoms with Crippen LogP contribution in [0.25, 0.3) is 0 Å². The van der Waals surface area contributed by atoms with Crippen LogP contribution in [0.5, 0.6) is 11.6 Å². The van der Waals surface area contributed by atoms with Gasteiger partial charge in [-0.1, -0.05) is 18.2 Å². The molecule has 0 bridgehead atoms. The van der Waals surface area contributed by atoms with Gasteiger partial charge in [0.1, 0.15) is 5.75 Å². The van der Waals surface area contributed by atoms with Crippen molar-refractivity contribution >= 4 is 6.03 Å². The molecule has 0 aliphatic carbocycles. The molecule has 144 valence electrons. The lowest BCUT2D eigenvalue weighted by Crippen LogP contribution is -2.42. The maximum atomic E-state index is 12.4. The van der Waals surface area contributed by atoms with Crippen molar-refractivity contribution in [1.82, 2.24) is 20.1 Å². The van der Waals surface area contributed by atoms with Crippen molar-refractivity contribution in [2.45, 2.75) is 19.4 Å². The molecule has 1 aromatic heterocycles. The third-order valence-electron chi connectivity index (χ3n) is 4.93. The molecule has 1 N–H and O–H groups in total. The number of amides is 2. The number of nitrogens with one attached hydrogen (secondary N) is 1. The first-order valence-corrected chi connectivity index (χ1v) is 9.45. The first-order valence-electron chi connectivity index (χ1n) is 9.45. The van der Waals surface area contributed by atoms with E-state index < -0.39 is 0 Å². The topological polar surface area (TPSA) is 57.7 Å². The number of carbonyl (C=O) groups excluding carboxylic acids is 1. The summed E-state index contributed by atoms with van der Waals surface area (Å²) >= 11 is 0. The molecule has 0 atom stereocenters. The molecule has 0 radical (unpaired) electrons. The number of hydrogen-bond acceptors (Lipinski definition) is 4. The monoisotopic (exact) mass is 368 g/mol. The van der Waals surface area contributed by atoms with Gasteiger partial charge in [0.15, 0.2) is 0 Å². The minimum Gasteiger partial charge on any atom is -0.439 e. The van der Waals surface area contributed by atoms with Crippen molar-refractivity contribution in [3.8, 4) is 11.6 Å². The van der Waals surface area contributed by atoms with E-state index in [2.05, 4.69) is 22.2 Å². The summed E-state index contributed by atoms with van der Waals surface area (Å²) in [5, 5.41) is 2.98. The molecule has 1 aromatic carbocycles. The smallest absolute Gasteiger partial charge is 0.317 e. The van der Waals surface area contributed by atoms with Crippen LogP contribution >= 0.6 is 0 Å². The first kappa shape index (κ1) is 19.2. The third kappa shape index (κ3) is 5.96. The summed E-state index contributed by atoms with van der Waals surface area (Å²) in [4.78, 5) is 20.8. The molecule has 3 rings (SSSR count). The third-order valence-corrected chi connectivity index (χ3v) is 4.93. The largest absolute Gasteiger partial charge is 0.439 e. The molecule has 27 heavy (non-hydrogen) atoms. The quantitative estimate of drug-likeness (QED) is 0.849. The SMILES string of the molecule is CN1CCC(CN(C)C(=O)NCc2ccnc(Oc3ccccc3)c2)CC1. The van der Waals surface area contributed by atoms with Gasteiger partial charge >= 0.3 is 6.03 Å². The van der Waals surface area contributed by atoms with E-state index in [-0.39, 0.29) is 6.03 Å². The minimum atomic E-state index is -0.0451. The summed E-state index contributed by atoms with van der Waals surface area (Å²) in [5.41, 5.74) is 0.956. The molecule has 1 saturated heterocycles. The lowest BCUT2D eigenvalue weighted by atomic mass is 9.97. The lowest BCUT2D eigenvalue weighted by molar-refractivity contribution is 0.170. The zero-order valence-corrected chi connectivity index (χ0v) is 16.1. The highest BCUT2D eigenvalue weighted by molar-refractivity contribution is 5.73. The van der Waals surface area contributed by atoms with Crippen LogP contribution < -0.4 is 10.1 Å². The Kier molecular flexibility index (Phi) is 6.65. The summed E-state index contributed by atoms with van der Waals surface area (Å²) in [6.07, 6.45) is 4.00. The molecule has 2 aromatic rings. The normalized spacial score (nSPS) is 15.3. The van der Waals surface area contributed by atoms with Crippen molar-refractivity contribution in [3.63, 3.8) is 0 Å². The second-order valence-corrected chi connectivity index (χ2v) is 7.20. The number of nitrogens with zero attached hydrogens (tertiary/aromatic N) is 3. The molecule has 1 fully saturated rings. The number of carbonyl (C=O) groups is 1. The molecule has 1 aliphatic rings. The van der Waals surface area contributed by atoms with E-state index in [9.17, 15) is 4.79 Å². The van der Waals surface area contributed by atoms with Crippen LogP contribution in [0.2, 0.25) is 0 Å². The Balaban J connectivity index is 1.47. The predicted molar refractivity (Wildman–Crippen MR) is 106 cm³/mol. The number of urea groups is 1. The average Bonchev–Trinajstić information content (AvgIpc) is 2.69. The fraction of sp³-hybridized carbons (Fsp3) is 0.429. The van der Waals surface area contributed by atoms with E-state index in [0.717, 1.165) is 43.8 Å². The number of likely N-dealkylation sites (tertiary alicyclic amines) is 1. The standard InChI is InChI=1S/C21H28N4O2/c1-24-12-9-17(10-13-24)16-25(2)21(26)23-15-18-8-11-22-20(14-18)27-19-6-4-3-5-7-19/h3-8,11,14,17H,9-10,12-13,15-16H2,1-2H3,(H,23,26). The van der Waals surface area contributed by atoms with E-state index in [1.807, 2.05) is 49.5 Å². The molecule has 2 amide bonds. The molecule has 0 unspecified atom stereocenters. The van der Waals surface area contributed by atoms with Gasteiger partial charge in [-0.05, 0) is 62.7 Å². The van der Waals surface area contributed by atoms with Crippen LogP contribution in [0.15, 0.2) is 48.7 Å². The van der Waals surface area contributed by atoms with Crippen molar-refractivity contribution in [1.29, 1.82) is 0 Å². The Morgan fingerprint density at radius 3 is 2.74 bits per heavy atom. The van der Waals surface area contributed by atoms with Gasteiger partial charge in [-0.2, -0.15) is 0 Å². The summed E-state index contributed by atoms with van der Waals surface area (Å²) < 4.78 is 5.74. The van der Waals surface area contributed by atoms with E-state index in [1.54, 1.807) is 11.1 Å². The number of benzene rings is 1. The number of hydrogen-bond donors (Lipinski definition) is 1. The number of para-hydroxylation sites is 1. The maximum absolute atomic E-state index is 12.4. The summed E-state index contributed by atoms with van der Waals surface area (Å²) in [7, 11) is 4.02. The maximum Gasteiger partial charge on any atom is 0.317 e. The molecular weight excluding hydrogens is 340 g/mol. The Morgan fingerprint density at radius 1 is 1.26 bits per heavy atom. The highest BCUT2D eigenvalue weighted by atomic mass is 16.5. The highest BCUT2D eigenvalue weighted by Gasteiger charge is 2.20. The van der Waals surface area contributed by atoms with Crippen molar-refractivity contribution in [2.75, 3.05) is 33.7 Å². The van der Waals surface area contributed by atoms with Crippen molar-refractivity contribution in [2.24, 2.45) is 5.92 Å². The molecule has 6 heteroatoms. The summed E-state index contributed by atoms with van der Waals surface area (Å²) in [6.45, 7) is 3.48. The summed E-state index contributed by atoms with van der Waals surface area (Å²) in [6, 6.07) is 13.2. The minimum absolute atomic E-state index is 0.0451. The molecular formula is C21H28N4O2. The van der Waals surface area contributed by atoms with Crippen LogP contribution in [0.4, 0.5) is 4.79 Å². The van der Waals surface area contributed by atoms with Gasteiger partial charge in [-0.3, -0.25) is 0 Å². The van der Waals surface area contributed by atoms with Crippen LogP contribution in [0.1, 0.15) is 18.4 Å². The Bertz CT molecular complexity index is 730. The van der Waals surface area contributed by atoms with Crippen molar-refractivity contribution in [3.05, 3.63) is 54.2 Å². The first-order chi connectivity index (χ1) is 13.1. The van der Waals surface area contributed by atoms with Gasteiger partial charge in [-0.15, -0.1) is 0 Å². The van der Waals surface area contributed by atoms with Gasteiger partial charge < -0.3 is 19.9 Å². The highest BCUT2D eigenvalue weighted by Crippen LogP contribution is 2.19. The average molecular weight is 368 g/mol. The fourth-order valence-corrected chi connectivity index (χ4v) is 3.25. The number of pyridine rings is 1. The number of piperidine rings is 1. The van der Waals surface area contributed by atoms with Crippen LogP contribution in [-0.4, -0.2) is 54.5 Å². The van der Waals surface area contributed by atoms with Gasteiger partial charge in [0.25, 0.3) is 0 Å². The molecule has 2 heterocycles. The Hall–Kier alpha value is -2.60. The zero-order chi connectivity index (χ0) is 19.1. The van der Waals surface area contributed by atoms with E-state index in [1.165, 1.54) is 0 Å². The second kappa shape index (κ2) is 9.37. The van der Waals surface area contributed by atoms with Crippen LogP contribution in [-0.2, 0) is 6.54 Å². The van der Waals surface area contributed by atoms with Gasteiger partial charge in [0.2, 0.25) is 5.88 Å². The van der Waals surface area contributed by atoms with Gasteiger partial charge in [-0.25, -0.2) is 9.78 Å². The predicted octanol–water partition coefficient (Wildman–Crippen LogP) is 3.36. The molecule has 0 saturated carbocycles. The van der Waals surface area contributed by atoms with Crippen molar-refractivity contribution < 1.29 is 9.53 Å². The molecule has 0 spiro atoms. The van der Waals surface area contributed by atoms with E-state index >= 15 is 0 Å². The van der Waals surface area contributed by atoms with Gasteiger partial charge in [0.05, 0.1) is 0 Å². The number of ether oxygens (including phenoxy) is 1. The molecule has 1 aliphatic heterocycles. The van der Waals surface area contributed by atoms with Crippen LogP contribution in [0.3, 0.4) is 0 Å². The number of aromatic nitrogens is 1. The number of rotatable bonds is 6. The summed E-state index contributed by atoms with van der Waals surface area (Å²) in [5.74, 6) is 1.85. The lowest BCUT2D eigenvalue weighted by Gasteiger charge is -2.31. The fourth-order valence-electron chi connectivity index (χ4n) is 3.25. The van der Waals surface area contributed by atoms with E-state index in [4.69, 9.17) is 4.74 Å². The Labute approximate surface area is 161 Å². The van der Waals surface area contributed by atoms with Crippen LogP contribution in [0, 0.1) is 5.92 Å². The Morgan fingerprint density at radius 2 is 2.00 bits per heavy atom. The zero-order valence-electron chi connectivity index (χ0n) is 16.1.